The van der Waals surface area contributed by atoms with Gasteiger partial charge in [0.1, 0.15) is 77.2 Å². The van der Waals surface area contributed by atoms with E-state index in [-0.39, 0.29) is 103 Å². The summed E-state index contributed by atoms with van der Waals surface area (Å²) >= 11 is 14.2. The number of phenolic OH excluding ortho intramolecular Hbond substituents is 4. The van der Waals surface area contributed by atoms with E-state index in [2.05, 4.69) is 59.7 Å². The SMILES string of the molecule is C=C(NC)NC(=O)C[C@@H]1NC(=O)[C@H](NC(=O)[C@@H](CC(C)C)NC)[C@H](O)c2ccc(c(Cl)c2)Oc2cc3cc(c2O)Oc2ccc(cc2Cl)[C@@H](OC2CC(C)(N)C(O)C(C)O2)[C@H]2NC(=O)[C@H](NC(=O)[C@@H]3NC1=O)c1ccc(O)c(c1)-c1c(O)cc(O)cc1[C@@H](C(=O)NC1C3CC4CC(C3)CC1C4)NC2=O. The van der Waals surface area contributed by atoms with Crippen LogP contribution in [0.3, 0.4) is 0 Å². The number of benzene rings is 5. The van der Waals surface area contributed by atoms with Gasteiger partial charge < -0.3 is 108 Å². The van der Waals surface area contributed by atoms with E-state index in [0.717, 1.165) is 62.4 Å². The smallest absolute Gasteiger partial charge is 0.248 e. The molecular weight excluding hydrogens is 1390 g/mol. The first-order valence-corrected chi connectivity index (χ1v) is 35.2. The second-order valence-corrected chi connectivity index (χ2v) is 29.7. The number of nitrogens with one attached hydrogen (secondary N) is 10. The lowest BCUT2D eigenvalue weighted by Gasteiger charge is -2.54. The molecular formula is C73H85Cl2N11O18. The molecule has 0 spiro atoms. The van der Waals surface area contributed by atoms with E-state index in [9.17, 15) is 40.2 Å². The molecule has 4 aliphatic carbocycles. The van der Waals surface area contributed by atoms with Crippen molar-refractivity contribution in [1.82, 2.24) is 53.2 Å². The molecule has 6 aliphatic heterocycles. The summed E-state index contributed by atoms with van der Waals surface area (Å²) in [6.45, 7) is 10.5. The summed E-state index contributed by atoms with van der Waals surface area (Å²) in [6, 6.07) is 2.06. The third-order valence-corrected chi connectivity index (χ3v) is 21.4. The van der Waals surface area contributed by atoms with Gasteiger partial charge in [0.05, 0.1) is 40.5 Å². The normalized spacial score (nSPS) is 29.6. The zero-order valence-electron chi connectivity index (χ0n) is 57.7. The largest absolute Gasteiger partial charge is 0.508 e. The Balaban J connectivity index is 1.05. The number of aromatic hydroxyl groups is 4. The van der Waals surface area contributed by atoms with Gasteiger partial charge in [-0.25, -0.2) is 0 Å². The van der Waals surface area contributed by atoms with Crippen molar-refractivity contribution in [3.05, 3.63) is 129 Å². The number of halogens is 2. The molecule has 15 rings (SSSR count). The molecule has 18 N–H and O–H groups in total. The molecule has 15 bridgehead atoms. The summed E-state index contributed by atoms with van der Waals surface area (Å²) in [7, 11) is 2.95. The number of amides is 8. The average Bonchev–Trinajstić information content (AvgIpc) is 0.759. The number of carbonyl (C=O) groups excluding carboxylic acids is 8. The maximum atomic E-state index is 16.2. The minimum atomic E-state index is -2.19. The second-order valence-electron chi connectivity index (χ2n) is 28.9. The molecule has 4 saturated carbocycles. The first kappa shape index (κ1) is 74.3. The van der Waals surface area contributed by atoms with E-state index >= 15 is 28.8 Å². The van der Waals surface area contributed by atoms with Gasteiger partial charge in [0.25, 0.3) is 0 Å². The fourth-order valence-corrected chi connectivity index (χ4v) is 16.2. The van der Waals surface area contributed by atoms with E-state index in [1.165, 1.54) is 69.6 Å². The molecule has 5 fully saturated rings. The molecule has 0 aromatic heterocycles. The fraction of sp³-hybridized carbons (Fsp3) is 0.452. The molecule has 5 aromatic rings. The van der Waals surface area contributed by atoms with Crippen molar-refractivity contribution in [2.75, 3.05) is 14.1 Å². The van der Waals surface area contributed by atoms with Crippen LogP contribution in [0.15, 0.2) is 91.3 Å². The average molecular weight is 1480 g/mol. The minimum Gasteiger partial charge on any atom is -0.508 e. The third-order valence-electron chi connectivity index (χ3n) is 20.8. The lowest BCUT2D eigenvalue weighted by Crippen LogP contribution is -2.61. The number of aliphatic hydroxyl groups excluding tert-OH is 2. The number of ether oxygens (including phenoxy) is 4. The number of fused-ring (bicyclic) bond motifs is 15. The number of carbonyl (C=O) groups is 8. The number of hydrogen-bond acceptors (Lipinski definition) is 21. The van der Waals surface area contributed by atoms with Gasteiger partial charge in [-0.2, -0.15) is 0 Å². The van der Waals surface area contributed by atoms with E-state index < -0.39 is 167 Å². The Morgan fingerprint density at radius 3 is 1.92 bits per heavy atom. The first-order chi connectivity index (χ1) is 49.3. The van der Waals surface area contributed by atoms with Gasteiger partial charge in [-0.1, -0.05) is 61.8 Å². The zero-order chi connectivity index (χ0) is 74.7. The number of hydrogen-bond donors (Lipinski definition) is 17. The highest BCUT2D eigenvalue weighted by Crippen LogP contribution is 2.55. The Labute approximate surface area is 608 Å². The van der Waals surface area contributed by atoms with Crippen LogP contribution in [0.1, 0.15) is 137 Å². The maximum Gasteiger partial charge on any atom is 0.248 e. The molecule has 8 amide bonds. The van der Waals surface area contributed by atoms with Crippen LogP contribution in [-0.2, 0) is 47.8 Å². The number of aliphatic hydroxyl groups is 2. The van der Waals surface area contributed by atoms with E-state index in [0.29, 0.717) is 11.8 Å². The third kappa shape index (κ3) is 15.4. The van der Waals surface area contributed by atoms with Crippen molar-refractivity contribution >= 4 is 70.5 Å². The first-order valence-electron chi connectivity index (χ1n) is 34.5. The Kier molecular flexibility index (Phi) is 21.4. The standard InChI is InChI=1S/C73H85Cl2N11O18/c1-29(2)14-45(78-7)66(94)85-60-62(91)35-9-12-49(43(74)21-35)102-51-23-39-24-52(63(51)92)103-50-13-10-36(22-44(50)75)64(104-54-28-73(5,76)65(93)30(3)101-54)61-72(100)84-59(70(98)81-56-37-16-32-15-33(18-37)19-38(56)17-32)42-25-40(87)26-48(89)55(42)41-20-34(8-11-47(41)88)57(68(96)86-61)83-69(97)58(39)82-67(95)46(80-71(60)99)27-53(90)79-31(4)77-6/h8-13,20-26,29-30,32-33,37-38,45-46,54,56-62,64-65,77-78,87-89,91-93H,4,14-19,27-28,76H2,1-3,5-7H3,(H,79,90)(H,80,99)(H,81,98)(H,82,95)(H,83,97)(H,84,100)(H,85,94)(H,86,96)/t30?,32?,33?,37?,38?,45-,46+,54?,56?,57-,58-,59+,60-,61-,62-,64-,65?,73?/m1/s1. The zero-order valence-corrected chi connectivity index (χ0v) is 59.2. The highest BCUT2D eigenvalue weighted by molar-refractivity contribution is 6.32. The monoisotopic (exact) mass is 1470 g/mol. The van der Waals surface area contributed by atoms with Gasteiger partial charge in [-0.15, -0.1) is 0 Å². The predicted molar refractivity (Wildman–Crippen MR) is 375 cm³/mol. The summed E-state index contributed by atoms with van der Waals surface area (Å²) < 4.78 is 25.8. The molecule has 6 heterocycles. The summed E-state index contributed by atoms with van der Waals surface area (Å²) in [6.07, 6.45) is -3.76. The molecule has 13 atom stereocenters. The lowest BCUT2D eigenvalue weighted by molar-refractivity contribution is -0.255. The van der Waals surface area contributed by atoms with Crippen molar-refractivity contribution in [3.8, 4) is 57.1 Å². The molecule has 1 saturated heterocycles. The van der Waals surface area contributed by atoms with Gasteiger partial charge in [-0.3, -0.25) is 38.4 Å². The number of nitrogens with two attached hydrogens (primary N) is 1. The highest BCUT2D eigenvalue weighted by atomic mass is 35.5. The highest BCUT2D eigenvalue weighted by Gasteiger charge is 2.51. The topological polar surface area (TPSA) is 441 Å². The van der Waals surface area contributed by atoms with Crippen LogP contribution >= 0.6 is 23.2 Å². The lowest BCUT2D eigenvalue weighted by atomic mass is 9.54. The van der Waals surface area contributed by atoms with Crippen LogP contribution in [0, 0.1) is 29.6 Å². The summed E-state index contributed by atoms with van der Waals surface area (Å²) in [4.78, 5) is 123. The van der Waals surface area contributed by atoms with Crippen molar-refractivity contribution in [3.63, 3.8) is 0 Å². The Morgan fingerprint density at radius 2 is 1.31 bits per heavy atom. The quantitative estimate of drug-likeness (QED) is 0.0752. The molecule has 4 unspecified atom stereocenters. The Bertz CT molecular complexity index is 4250. The van der Waals surface area contributed by atoms with Crippen molar-refractivity contribution in [2.24, 2.45) is 35.3 Å². The van der Waals surface area contributed by atoms with Crippen molar-refractivity contribution in [2.45, 2.75) is 164 Å². The van der Waals surface area contributed by atoms with Crippen LogP contribution in [0.4, 0.5) is 0 Å². The Morgan fingerprint density at radius 1 is 0.702 bits per heavy atom. The maximum absolute atomic E-state index is 16.2. The number of phenols is 4. The number of rotatable bonds is 13. The molecule has 104 heavy (non-hydrogen) atoms. The van der Waals surface area contributed by atoms with Gasteiger partial charge in [0.2, 0.25) is 53.0 Å². The van der Waals surface area contributed by atoms with E-state index in [1.807, 2.05) is 13.8 Å². The van der Waals surface area contributed by atoms with Crippen molar-refractivity contribution in [1.29, 1.82) is 0 Å². The summed E-state index contributed by atoms with van der Waals surface area (Å²) in [5.41, 5.74) is 3.85. The van der Waals surface area contributed by atoms with E-state index in [1.54, 1.807) is 6.92 Å². The van der Waals surface area contributed by atoms with Gasteiger partial charge in [-0.05, 0) is 171 Å². The minimum absolute atomic E-state index is 0.00889. The summed E-state index contributed by atoms with van der Waals surface area (Å²) in [5, 5.41) is 98.1. The fourth-order valence-electron chi connectivity index (χ4n) is 15.8. The summed E-state index contributed by atoms with van der Waals surface area (Å²) in [5.74, 6) is -11.9. The molecule has 554 valence electrons. The number of likely N-dealkylation sites (N-methyl/N-ethyl adjacent to an activating group) is 1. The predicted octanol–water partition coefficient (Wildman–Crippen LogP) is 4.81. The van der Waals surface area contributed by atoms with E-state index in [4.69, 9.17) is 47.9 Å². The van der Waals surface area contributed by atoms with Gasteiger partial charge >= 0.3 is 0 Å². The molecule has 10 aliphatic rings. The second kappa shape index (κ2) is 30.0. The molecule has 5 aromatic carbocycles. The molecule has 31 heteroatoms. The Hall–Kier alpha value is -9.46. The van der Waals surface area contributed by atoms with Crippen LogP contribution in [0.5, 0.6) is 46.0 Å². The van der Waals surface area contributed by atoms with Gasteiger partial charge in [0, 0.05) is 42.2 Å². The van der Waals surface area contributed by atoms with Crippen LogP contribution in [0.25, 0.3) is 11.1 Å². The van der Waals surface area contributed by atoms with Crippen LogP contribution in [0.2, 0.25) is 10.0 Å². The molecule has 29 nitrogen and oxygen atoms in total. The molecule has 0 radical (unpaired) electrons. The van der Waals surface area contributed by atoms with Crippen molar-refractivity contribution < 1.29 is 87.9 Å². The van der Waals surface area contributed by atoms with Gasteiger partial charge in [0.15, 0.2) is 17.8 Å². The van der Waals surface area contributed by atoms with Crippen LogP contribution in [-0.4, -0.2) is 146 Å². The van der Waals surface area contributed by atoms with Crippen LogP contribution < -0.4 is 68.4 Å².